The van der Waals surface area contributed by atoms with E-state index in [2.05, 4.69) is 35.6 Å². The normalized spacial score (nSPS) is 11.0. The monoisotopic (exact) mass is 315 g/mol. The van der Waals surface area contributed by atoms with Gasteiger partial charge in [-0.2, -0.15) is 0 Å². The summed E-state index contributed by atoms with van der Waals surface area (Å²) < 4.78 is 5.30. The highest BCUT2D eigenvalue weighted by atomic mass is 16.4. The summed E-state index contributed by atoms with van der Waals surface area (Å²) in [5, 5.41) is 6.83. The molecule has 0 bridgehead atoms. The second-order valence-corrected chi connectivity index (χ2v) is 5.99. The minimum atomic E-state index is -0.313. The molecule has 0 aliphatic carbocycles. The second kappa shape index (κ2) is 5.85. The average molecular weight is 315 g/mol. The molecule has 1 heterocycles. The Kier molecular flexibility index (Phi) is 3.54. The molecular weight excluding hydrogens is 298 g/mol. The Hall–Kier alpha value is -3.07. The van der Waals surface area contributed by atoms with Crippen LogP contribution in [0.4, 0.5) is 5.69 Å². The summed E-state index contributed by atoms with van der Waals surface area (Å²) >= 11 is 0. The number of benzene rings is 3. The lowest BCUT2D eigenvalue weighted by Crippen LogP contribution is -2.01. The summed E-state index contributed by atoms with van der Waals surface area (Å²) in [5.74, 6) is 0. The van der Waals surface area contributed by atoms with Crippen molar-refractivity contribution in [3.63, 3.8) is 0 Å². The van der Waals surface area contributed by atoms with Crippen LogP contribution in [0, 0.1) is 6.92 Å². The van der Waals surface area contributed by atoms with Crippen molar-refractivity contribution in [2.24, 2.45) is 0 Å². The number of hydrogen-bond acceptors (Lipinski definition) is 3. The highest BCUT2D eigenvalue weighted by Crippen LogP contribution is 2.22. The van der Waals surface area contributed by atoms with Gasteiger partial charge in [-0.1, -0.05) is 36.4 Å². The first-order chi connectivity index (χ1) is 11.7. The van der Waals surface area contributed by atoms with Crippen LogP contribution in [0.5, 0.6) is 0 Å². The number of aryl methyl sites for hydroxylation is 1. The van der Waals surface area contributed by atoms with Gasteiger partial charge >= 0.3 is 5.63 Å². The third kappa shape index (κ3) is 2.76. The van der Waals surface area contributed by atoms with Gasteiger partial charge in [0.15, 0.2) is 0 Å². The predicted molar refractivity (Wildman–Crippen MR) is 98.5 cm³/mol. The lowest BCUT2D eigenvalue weighted by molar-refractivity contribution is 0.560. The van der Waals surface area contributed by atoms with Crippen LogP contribution in [0.2, 0.25) is 0 Å². The van der Waals surface area contributed by atoms with Crippen LogP contribution in [-0.2, 0) is 6.54 Å². The van der Waals surface area contributed by atoms with Crippen LogP contribution in [0.3, 0.4) is 0 Å². The molecule has 4 aromatic rings. The Morgan fingerprint density at radius 1 is 0.917 bits per heavy atom. The van der Waals surface area contributed by atoms with Crippen LogP contribution in [0.25, 0.3) is 21.7 Å². The fourth-order valence-corrected chi connectivity index (χ4v) is 2.99. The molecular formula is C21H17NO2. The van der Waals surface area contributed by atoms with Gasteiger partial charge in [0, 0.05) is 29.8 Å². The minimum Gasteiger partial charge on any atom is -0.423 e. The van der Waals surface area contributed by atoms with Crippen molar-refractivity contribution in [2.75, 3.05) is 5.32 Å². The van der Waals surface area contributed by atoms with E-state index in [1.165, 1.54) is 22.4 Å². The van der Waals surface area contributed by atoms with E-state index >= 15 is 0 Å². The SMILES string of the molecule is Cc1cc(=O)oc2cc(NCc3ccc4ccccc4c3)ccc12. The number of anilines is 1. The third-order valence-corrected chi connectivity index (χ3v) is 4.26. The van der Waals surface area contributed by atoms with Crippen molar-refractivity contribution in [1.29, 1.82) is 0 Å². The van der Waals surface area contributed by atoms with Crippen LogP contribution in [0.1, 0.15) is 11.1 Å². The first kappa shape index (κ1) is 14.5. The molecule has 0 saturated carbocycles. The molecule has 3 heteroatoms. The Morgan fingerprint density at radius 3 is 2.62 bits per heavy atom. The highest BCUT2D eigenvalue weighted by Gasteiger charge is 2.04. The van der Waals surface area contributed by atoms with E-state index in [1.807, 2.05) is 37.3 Å². The molecule has 0 atom stereocenters. The van der Waals surface area contributed by atoms with Crippen LogP contribution >= 0.6 is 0 Å². The Labute approximate surface area is 139 Å². The lowest BCUT2D eigenvalue weighted by atomic mass is 10.1. The first-order valence-corrected chi connectivity index (χ1v) is 7.95. The zero-order valence-electron chi connectivity index (χ0n) is 13.4. The van der Waals surface area contributed by atoms with Crippen molar-refractivity contribution in [2.45, 2.75) is 13.5 Å². The summed E-state index contributed by atoms with van der Waals surface area (Å²) in [7, 11) is 0. The van der Waals surface area contributed by atoms with E-state index in [9.17, 15) is 4.79 Å². The molecule has 1 aromatic heterocycles. The van der Waals surface area contributed by atoms with E-state index in [-0.39, 0.29) is 5.63 Å². The van der Waals surface area contributed by atoms with Crippen LogP contribution in [0.15, 0.2) is 75.9 Å². The van der Waals surface area contributed by atoms with Crippen molar-refractivity contribution in [3.05, 3.63) is 88.3 Å². The van der Waals surface area contributed by atoms with Gasteiger partial charge in [0.1, 0.15) is 5.58 Å². The van der Waals surface area contributed by atoms with Gasteiger partial charge in [0.05, 0.1) is 0 Å². The molecule has 0 saturated heterocycles. The molecule has 0 aliphatic heterocycles. The molecule has 0 amide bonds. The Bertz CT molecular complexity index is 1100. The number of rotatable bonds is 3. The standard InChI is InChI=1S/C21H17NO2/c1-14-10-21(23)24-20-12-18(8-9-19(14)20)22-13-15-6-7-16-4-2-3-5-17(16)11-15/h2-12,22H,13H2,1H3. The fraction of sp³-hybridized carbons (Fsp3) is 0.0952. The summed E-state index contributed by atoms with van der Waals surface area (Å²) in [6.07, 6.45) is 0. The number of fused-ring (bicyclic) bond motifs is 2. The zero-order valence-corrected chi connectivity index (χ0v) is 13.4. The summed E-state index contributed by atoms with van der Waals surface area (Å²) in [6.45, 7) is 2.63. The van der Waals surface area contributed by atoms with E-state index in [4.69, 9.17) is 4.42 Å². The average Bonchev–Trinajstić information content (AvgIpc) is 2.59. The molecule has 1 N–H and O–H groups in total. The fourth-order valence-electron chi connectivity index (χ4n) is 2.99. The van der Waals surface area contributed by atoms with Gasteiger partial charge in [-0.15, -0.1) is 0 Å². The molecule has 24 heavy (non-hydrogen) atoms. The topological polar surface area (TPSA) is 42.2 Å². The van der Waals surface area contributed by atoms with E-state index in [0.29, 0.717) is 12.1 Å². The highest BCUT2D eigenvalue weighted by molar-refractivity contribution is 5.84. The van der Waals surface area contributed by atoms with Gasteiger partial charge in [-0.05, 0) is 47.0 Å². The van der Waals surface area contributed by atoms with Crippen molar-refractivity contribution >= 4 is 27.4 Å². The van der Waals surface area contributed by atoms with Gasteiger partial charge in [0.25, 0.3) is 0 Å². The third-order valence-electron chi connectivity index (χ3n) is 4.26. The summed E-state index contributed by atoms with van der Waals surface area (Å²) in [4.78, 5) is 11.5. The summed E-state index contributed by atoms with van der Waals surface area (Å²) in [6, 6.07) is 22.2. The van der Waals surface area contributed by atoms with Gasteiger partial charge in [0.2, 0.25) is 0 Å². The quantitative estimate of drug-likeness (QED) is 0.549. The van der Waals surface area contributed by atoms with Crippen molar-refractivity contribution in [1.82, 2.24) is 0 Å². The van der Waals surface area contributed by atoms with Crippen LogP contribution in [-0.4, -0.2) is 0 Å². The molecule has 3 nitrogen and oxygen atoms in total. The largest absolute Gasteiger partial charge is 0.423 e. The molecule has 3 aromatic carbocycles. The minimum absolute atomic E-state index is 0.313. The second-order valence-electron chi connectivity index (χ2n) is 5.99. The molecule has 0 unspecified atom stereocenters. The Balaban J connectivity index is 1.60. The predicted octanol–water partition coefficient (Wildman–Crippen LogP) is 4.87. The Morgan fingerprint density at radius 2 is 1.75 bits per heavy atom. The maximum atomic E-state index is 11.5. The van der Waals surface area contributed by atoms with Gasteiger partial charge < -0.3 is 9.73 Å². The zero-order chi connectivity index (χ0) is 16.5. The van der Waals surface area contributed by atoms with E-state index in [0.717, 1.165) is 16.6 Å². The first-order valence-electron chi connectivity index (χ1n) is 7.95. The van der Waals surface area contributed by atoms with Gasteiger partial charge in [-0.3, -0.25) is 0 Å². The molecule has 0 fully saturated rings. The summed E-state index contributed by atoms with van der Waals surface area (Å²) in [5.41, 5.74) is 3.38. The lowest BCUT2D eigenvalue weighted by Gasteiger charge is -2.09. The number of hydrogen-bond donors (Lipinski definition) is 1. The van der Waals surface area contributed by atoms with Gasteiger partial charge in [-0.25, -0.2) is 4.79 Å². The van der Waals surface area contributed by atoms with Crippen LogP contribution < -0.4 is 10.9 Å². The van der Waals surface area contributed by atoms with Crippen molar-refractivity contribution < 1.29 is 4.42 Å². The maximum Gasteiger partial charge on any atom is 0.336 e. The molecule has 0 aliphatic rings. The van der Waals surface area contributed by atoms with E-state index < -0.39 is 0 Å². The maximum absolute atomic E-state index is 11.5. The molecule has 0 radical (unpaired) electrons. The molecule has 118 valence electrons. The van der Waals surface area contributed by atoms with Crippen molar-refractivity contribution in [3.8, 4) is 0 Å². The molecule has 0 spiro atoms. The molecule has 4 rings (SSSR count). The van der Waals surface area contributed by atoms with E-state index in [1.54, 1.807) is 0 Å². The number of nitrogens with one attached hydrogen (secondary N) is 1. The smallest absolute Gasteiger partial charge is 0.336 e.